The number of furan rings is 1. The van der Waals surface area contributed by atoms with Crippen LogP contribution < -0.4 is 11.1 Å². The Labute approximate surface area is 105 Å². The summed E-state index contributed by atoms with van der Waals surface area (Å²) in [7, 11) is 0. The van der Waals surface area contributed by atoms with E-state index < -0.39 is 5.91 Å². The highest BCUT2D eigenvalue weighted by Gasteiger charge is 2.03. The predicted molar refractivity (Wildman–Crippen MR) is 67.9 cm³/mol. The zero-order chi connectivity index (χ0) is 12.8. The summed E-state index contributed by atoms with van der Waals surface area (Å²) in [4.78, 5) is 10.4. The van der Waals surface area contributed by atoms with Crippen molar-refractivity contribution in [1.82, 2.24) is 5.32 Å². The van der Waals surface area contributed by atoms with Gasteiger partial charge in [0.1, 0.15) is 12.2 Å². The minimum atomic E-state index is -0.448. The molecule has 0 saturated heterocycles. The molecule has 5 nitrogen and oxygen atoms in total. The van der Waals surface area contributed by atoms with E-state index in [9.17, 15) is 4.79 Å². The average Bonchev–Trinajstić information content (AvgIpc) is 2.77. The Bertz CT molecular complexity index is 522. The van der Waals surface area contributed by atoms with Crippen molar-refractivity contribution in [2.45, 2.75) is 6.54 Å². The molecule has 18 heavy (non-hydrogen) atoms. The maximum atomic E-state index is 10.4. The molecule has 0 fully saturated rings. The second-order valence-electron chi connectivity index (χ2n) is 3.95. The first-order valence-corrected chi connectivity index (χ1v) is 5.79. The van der Waals surface area contributed by atoms with Crippen molar-refractivity contribution < 1.29 is 13.9 Å². The molecule has 3 N–H and O–H groups in total. The molecule has 0 saturated carbocycles. The summed E-state index contributed by atoms with van der Waals surface area (Å²) in [5.74, 6) is -0.448. The van der Waals surface area contributed by atoms with Crippen molar-refractivity contribution in [3.8, 4) is 0 Å². The van der Waals surface area contributed by atoms with Gasteiger partial charge in [0.05, 0.1) is 12.9 Å². The van der Waals surface area contributed by atoms with Gasteiger partial charge in [-0.15, -0.1) is 0 Å². The van der Waals surface area contributed by atoms with Crippen LogP contribution in [-0.2, 0) is 16.1 Å². The molecule has 1 aromatic carbocycles. The molecule has 0 aliphatic rings. The SMILES string of the molecule is NC(=O)COCCNCc1coc2ccccc12. The fourth-order valence-electron chi connectivity index (χ4n) is 1.71. The molecule has 2 rings (SSSR count). The van der Waals surface area contributed by atoms with E-state index >= 15 is 0 Å². The van der Waals surface area contributed by atoms with E-state index in [2.05, 4.69) is 5.32 Å². The van der Waals surface area contributed by atoms with Crippen LogP contribution in [0.5, 0.6) is 0 Å². The number of amides is 1. The third-order valence-electron chi connectivity index (χ3n) is 2.54. The highest BCUT2D eigenvalue weighted by molar-refractivity contribution is 5.80. The van der Waals surface area contributed by atoms with E-state index in [4.69, 9.17) is 14.9 Å². The van der Waals surface area contributed by atoms with Gasteiger partial charge in [-0.25, -0.2) is 0 Å². The molecule has 0 radical (unpaired) electrons. The zero-order valence-corrected chi connectivity index (χ0v) is 10.0. The molecular weight excluding hydrogens is 232 g/mol. The fraction of sp³-hybridized carbons (Fsp3) is 0.308. The van der Waals surface area contributed by atoms with Gasteiger partial charge in [-0.2, -0.15) is 0 Å². The summed E-state index contributed by atoms with van der Waals surface area (Å²) in [5, 5.41) is 4.33. The lowest BCUT2D eigenvalue weighted by Gasteiger charge is -2.03. The Morgan fingerprint density at radius 1 is 1.39 bits per heavy atom. The molecule has 0 spiro atoms. The average molecular weight is 248 g/mol. The summed E-state index contributed by atoms with van der Waals surface area (Å²) in [5.41, 5.74) is 6.95. The van der Waals surface area contributed by atoms with Crippen LogP contribution in [0.25, 0.3) is 11.0 Å². The summed E-state index contributed by atoms with van der Waals surface area (Å²) in [6.07, 6.45) is 1.75. The van der Waals surface area contributed by atoms with E-state index in [1.54, 1.807) is 6.26 Å². The molecule has 0 unspecified atom stereocenters. The van der Waals surface area contributed by atoms with Gasteiger partial charge >= 0.3 is 0 Å². The Balaban J connectivity index is 1.75. The second kappa shape index (κ2) is 6.18. The van der Waals surface area contributed by atoms with Crippen molar-refractivity contribution in [2.24, 2.45) is 5.73 Å². The molecule has 0 bridgehead atoms. The lowest BCUT2D eigenvalue weighted by atomic mass is 10.2. The van der Waals surface area contributed by atoms with Gasteiger partial charge in [0, 0.05) is 24.0 Å². The topological polar surface area (TPSA) is 77.5 Å². The largest absolute Gasteiger partial charge is 0.464 e. The van der Waals surface area contributed by atoms with Crippen LogP contribution in [0.15, 0.2) is 34.9 Å². The number of ether oxygens (including phenoxy) is 1. The minimum Gasteiger partial charge on any atom is -0.464 e. The molecule has 1 aromatic heterocycles. The number of benzene rings is 1. The molecule has 1 heterocycles. The van der Waals surface area contributed by atoms with Crippen molar-refractivity contribution in [3.63, 3.8) is 0 Å². The monoisotopic (exact) mass is 248 g/mol. The van der Waals surface area contributed by atoms with Crippen LogP contribution in [0.1, 0.15) is 5.56 Å². The first kappa shape index (κ1) is 12.6. The summed E-state index contributed by atoms with van der Waals surface area (Å²) in [6.45, 7) is 1.79. The summed E-state index contributed by atoms with van der Waals surface area (Å²) >= 11 is 0. The standard InChI is InChI=1S/C13H16N2O3/c14-13(16)9-17-6-5-15-7-10-8-18-12-4-2-1-3-11(10)12/h1-4,8,15H,5-7,9H2,(H2,14,16). The number of para-hydroxylation sites is 1. The van der Waals surface area contributed by atoms with Crippen LogP contribution in [0.3, 0.4) is 0 Å². The van der Waals surface area contributed by atoms with Gasteiger partial charge in [0.2, 0.25) is 5.91 Å². The van der Waals surface area contributed by atoms with Gasteiger partial charge < -0.3 is 20.2 Å². The quantitative estimate of drug-likeness (QED) is 0.717. The molecule has 5 heteroatoms. The highest BCUT2D eigenvalue weighted by atomic mass is 16.5. The van der Waals surface area contributed by atoms with Gasteiger partial charge in [-0.3, -0.25) is 4.79 Å². The molecule has 0 aliphatic carbocycles. The number of hydrogen-bond acceptors (Lipinski definition) is 4. The Hall–Kier alpha value is -1.85. The lowest BCUT2D eigenvalue weighted by molar-refractivity contribution is -0.122. The molecular formula is C13H16N2O3. The van der Waals surface area contributed by atoms with E-state index in [-0.39, 0.29) is 6.61 Å². The highest BCUT2D eigenvalue weighted by Crippen LogP contribution is 2.20. The van der Waals surface area contributed by atoms with Crippen LogP contribution >= 0.6 is 0 Å². The molecule has 96 valence electrons. The van der Waals surface area contributed by atoms with Gasteiger partial charge in [0.15, 0.2) is 0 Å². The number of nitrogens with one attached hydrogen (secondary N) is 1. The zero-order valence-electron chi connectivity index (χ0n) is 10.0. The number of fused-ring (bicyclic) bond motifs is 1. The maximum absolute atomic E-state index is 10.4. The van der Waals surface area contributed by atoms with Crippen LogP contribution in [-0.4, -0.2) is 25.7 Å². The Kier molecular flexibility index (Phi) is 4.33. The third-order valence-corrected chi connectivity index (χ3v) is 2.54. The minimum absolute atomic E-state index is 0.0314. The number of primary amides is 1. The van der Waals surface area contributed by atoms with Crippen molar-refractivity contribution >= 4 is 16.9 Å². The Morgan fingerprint density at radius 3 is 3.06 bits per heavy atom. The first-order valence-electron chi connectivity index (χ1n) is 5.79. The number of hydrogen-bond donors (Lipinski definition) is 2. The maximum Gasteiger partial charge on any atom is 0.243 e. The number of carbonyl (C=O) groups is 1. The smallest absolute Gasteiger partial charge is 0.243 e. The van der Waals surface area contributed by atoms with Gasteiger partial charge in [0.25, 0.3) is 0 Å². The molecule has 2 aromatic rings. The van der Waals surface area contributed by atoms with Gasteiger partial charge in [-0.05, 0) is 6.07 Å². The first-order chi connectivity index (χ1) is 8.77. The second-order valence-corrected chi connectivity index (χ2v) is 3.95. The summed E-state index contributed by atoms with van der Waals surface area (Å²) in [6, 6.07) is 7.90. The van der Waals surface area contributed by atoms with Crippen molar-refractivity contribution in [3.05, 3.63) is 36.1 Å². The van der Waals surface area contributed by atoms with E-state index in [1.807, 2.05) is 24.3 Å². The number of rotatable bonds is 7. The number of carbonyl (C=O) groups excluding carboxylic acids is 1. The fourth-order valence-corrected chi connectivity index (χ4v) is 1.71. The van der Waals surface area contributed by atoms with Crippen molar-refractivity contribution in [2.75, 3.05) is 19.8 Å². The van der Waals surface area contributed by atoms with Crippen molar-refractivity contribution in [1.29, 1.82) is 0 Å². The summed E-state index contributed by atoms with van der Waals surface area (Å²) < 4.78 is 10.5. The van der Waals surface area contributed by atoms with E-state index in [0.29, 0.717) is 19.7 Å². The molecule has 0 atom stereocenters. The Morgan fingerprint density at radius 2 is 2.22 bits per heavy atom. The molecule has 1 amide bonds. The van der Waals surface area contributed by atoms with Crippen LogP contribution in [0.4, 0.5) is 0 Å². The third kappa shape index (κ3) is 3.32. The molecule has 0 aliphatic heterocycles. The van der Waals surface area contributed by atoms with Crippen LogP contribution in [0, 0.1) is 0 Å². The van der Waals surface area contributed by atoms with E-state index in [1.165, 1.54) is 0 Å². The number of nitrogens with two attached hydrogens (primary N) is 1. The van der Waals surface area contributed by atoms with Crippen LogP contribution in [0.2, 0.25) is 0 Å². The normalized spacial score (nSPS) is 10.9. The van der Waals surface area contributed by atoms with Gasteiger partial charge in [-0.1, -0.05) is 18.2 Å². The lowest BCUT2D eigenvalue weighted by Crippen LogP contribution is -2.23. The van der Waals surface area contributed by atoms with E-state index in [0.717, 1.165) is 16.5 Å². The predicted octanol–water partition coefficient (Wildman–Crippen LogP) is 1.02.